The summed E-state index contributed by atoms with van der Waals surface area (Å²) in [6.45, 7) is 1.45. The molecule has 1 saturated heterocycles. The van der Waals surface area contributed by atoms with Gasteiger partial charge in [-0.15, -0.1) is 0 Å². The maximum Gasteiger partial charge on any atom is 0.248 e. The molecule has 0 spiro atoms. The van der Waals surface area contributed by atoms with Gasteiger partial charge in [-0.1, -0.05) is 81.7 Å². The van der Waals surface area contributed by atoms with E-state index in [2.05, 4.69) is 26.6 Å². The van der Waals surface area contributed by atoms with Crippen LogP contribution in [0.2, 0.25) is 5.02 Å². The summed E-state index contributed by atoms with van der Waals surface area (Å²) in [5.74, 6) is -8.46. The highest BCUT2D eigenvalue weighted by Gasteiger charge is 2.40. The number of nitrogens with two attached hydrogens (primary N) is 4. The summed E-state index contributed by atoms with van der Waals surface area (Å²) >= 11 is 6.09. The molecule has 4 aromatic rings. The highest BCUT2D eigenvalue weighted by atomic mass is 35.5. The first-order chi connectivity index (χ1) is 38.4. The number of nitrogens with one attached hydrogen (secondary N) is 5. The molecular formula is C55H70ClN11O12S2. The molecule has 0 radical (unpaired) electrons. The van der Waals surface area contributed by atoms with Gasteiger partial charge < -0.3 is 74.6 Å². The molecule has 0 saturated carbocycles. The van der Waals surface area contributed by atoms with Crippen LogP contribution < -0.4 is 49.5 Å². The summed E-state index contributed by atoms with van der Waals surface area (Å²) in [5, 5.41) is 45.1. The van der Waals surface area contributed by atoms with E-state index in [1.54, 1.807) is 24.3 Å². The number of amides is 9. The minimum atomic E-state index is -1.71. The molecule has 16 N–H and O–H groups in total. The van der Waals surface area contributed by atoms with Crippen molar-refractivity contribution in [3.8, 4) is 11.5 Å². The minimum Gasteiger partial charge on any atom is -0.508 e. The van der Waals surface area contributed by atoms with Gasteiger partial charge in [-0.05, 0) is 110 Å². The summed E-state index contributed by atoms with van der Waals surface area (Å²) in [5.41, 5.74) is 25.7. The maximum absolute atomic E-state index is 15.0. The Balaban J connectivity index is 1.62. The molecule has 81 heavy (non-hydrogen) atoms. The van der Waals surface area contributed by atoms with E-state index in [-0.39, 0.29) is 73.6 Å². The first kappa shape index (κ1) is 64.4. The lowest BCUT2D eigenvalue weighted by Gasteiger charge is -2.34. The van der Waals surface area contributed by atoms with E-state index < -0.39 is 108 Å². The number of unbranched alkanes of at least 4 members (excludes halogenated alkanes) is 1. The molecule has 1 aliphatic heterocycles. The third kappa shape index (κ3) is 19.4. The van der Waals surface area contributed by atoms with E-state index >= 15 is 9.59 Å². The number of benzene rings is 4. The first-order valence-corrected chi connectivity index (χ1v) is 28.7. The van der Waals surface area contributed by atoms with Crippen LogP contribution >= 0.6 is 33.2 Å². The van der Waals surface area contributed by atoms with Crippen molar-refractivity contribution >= 4 is 86.4 Å². The van der Waals surface area contributed by atoms with Crippen molar-refractivity contribution in [2.75, 3.05) is 32.1 Å². The Hall–Kier alpha value is -7.42. The zero-order valence-electron chi connectivity index (χ0n) is 44.9. The van der Waals surface area contributed by atoms with Crippen LogP contribution in [-0.4, -0.2) is 165 Å². The zero-order valence-corrected chi connectivity index (χ0v) is 47.3. The van der Waals surface area contributed by atoms with E-state index in [0.717, 1.165) is 31.4 Å². The molecule has 436 valence electrons. The number of primary amides is 2. The number of aliphatic hydroxyl groups is 1. The number of carbonyl (C=O) groups excluding carboxylic acids is 9. The third-order valence-corrected chi connectivity index (χ3v) is 16.1. The largest absolute Gasteiger partial charge is 0.508 e. The van der Waals surface area contributed by atoms with Gasteiger partial charge in [0.15, 0.2) is 0 Å². The number of aliphatic hydroxyl groups excluding tert-OH is 1. The zero-order chi connectivity index (χ0) is 59.5. The Morgan fingerprint density at radius 1 is 0.691 bits per heavy atom. The molecule has 1 aliphatic rings. The number of nitrogens with zero attached hydrogens (tertiary/aromatic N) is 2. The lowest BCUT2D eigenvalue weighted by atomic mass is 9.99. The number of aromatic hydroxyl groups is 2. The Morgan fingerprint density at radius 2 is 1.23 bits per heavy atom. The summed E-state index contributed by atoms with van der Waals surface area (Å²) in [6.07, 6.45) is -1.50. The molecule has 4 aromatic carbocycles. The number of phenolic OH excluding ortho intramolecular Hbond substituents is 2. The van der Waals surface area contributed by atoms with Crippen LogP contribution in [-0.2, 0) is 64.0 Å². The quantitative estimate of drug-likeness (QED) is 0.0431. The van der Waals surface area contributed by atoms with Crippen molar-refractivity contribution in [2.24, 2.45) is 22.9 Å². The van der Waals surface area contributed by atoms with Gasteiger partial charge in [0.05, 0.1) is 12.1 Å². The van der Waals surface area contributed by atoms with Crippen LogP contribution in [0.3, 0.4) is 0 Å². The maximum atomic E-state index is 15.0. The Labute approximate surface area is 481 Å². The van der Waals surface area contributed by atoms with Crippen molar-refractivity contribution in [1.29, 1.82) is 0 Å². The fourth-order valence-electron chi connectivity index (χ4n) is 8.76. The van der Waals surface area contributed by atoms with Crippen molar-refractivity contribution in [3.63, 3.8) is 0 Å². The van der Waals surface area contributed by atoms with E-state index in [9.17, 15) is 48.9 Å². The molecule has 0 unspecified atom stereocenters. The highest BCUT2D eigenvalue weighted by molar-refractivity contribution is 8.76. The second kappa shape index (κ2) is 31.0. The number of carbonyl (C=O) groups is 9. The molecule has 0 aromatic heterocycles. The van der Waals surface area contributed by atoms with Crippen molar-refractivity contribution in [3.05, 3.63) is 130 Å². The fourth-order valence-corrected chi connectivity index (χ4v) is 11.2. The van der Waals surface area contributed by atoms with Crippen molar-refractivity contribution in [2.45, 2.75) is 106 Å². The normalized spacial score (nSPS) is 21.1. The van der Waals surface area contributed by atoms with Gasteiger partial charge in [0.2, 0.25) is 53.2 Å². The van der Waals surface area contributed by atoms with E-state index in [1.165, 1.54) is 93.8 Å². The molecule has 9 atom stereocenters. The number of hydrogen-bond donors (Lipinski definition) is 12. The van der Waals surface area contributed by atoms with E-state index in [1.807, 2.05) is 0 Å². The predicted molar refractivity (Wildman–Crippen MR) is 307 cm³/mol. The number of phenols is 2. The second-order valence-electron chi connectivity index (χ2n) is 19.6. The molecule has 0 bridgehead atoms. The molecule has 23 nitrogen and oxygen atoms in total. The van der Waals surface area contributed by atoms with Crippen LogP contribution in [0.15, 0.2) is 97.1 Å². The van der Waals surface area contributed by atoms with Gasteiger partial charge in [-0.2, -0.15) is 0 Å². The fraction of sp³-hybridized carbons (Fsp3) is 0.400. The predicted octanol–water partition coefficient (Wildman–Crippen LogP) is -0.0839. The standard InChI is InChI=1S/C55H70ClN11O12S2/c1-30(68)46-53(77)64-43(51(75)62-41(48(60)72)25-33-11-19-37(69)20-12-33)28-80-81-29-44(65-49(73)39(58)24-31-9-17-36(56)18-10-31)55(79)66(2)45(27-34-13-21-38(70)22-14-34)52(76)63-42(26-32-7-15-35(16-8-32)47(59)71)50(74)61-40(6-4-5-23-57)54(78)67(46)3/h7-22,30,39-46,68-70H,4-6,23-29,57-58H2,1-3H3,(H2,59,71)(H2,60,72)(H,61,74)(H,62,75)(H,63,76)(H,64,77)(H,65,73)/t30-,39+,40+,41-,42-,43+,44-,45+,46+/m1/s1. The lowest BCUT2D eigenvalue weighted by molar-refractivity contribution is -0.146. The lowest BCUT2D eigenvalue weighted by Crippen LogP contribution is -2.62. The molecule has 0 aliphatic carbocycles. The molecule has 5 rings (SSSR count). The van der Waals surface area contributed by atoms with Crippen LogP contribution in [0.5, 0.6) is 11.5 Å². The van der Waals surface area contributed by atoms with Crippen LogP contribution in [0.25, 0.3) is 0 Å². The van der Waals surface area contributed by atoms with Gasteiger partial charge in [-0.3, -0.25) is 43.2 Å². The number of hydrogen-bond acceptors (Lipinski definition) is 16. The van der Waals surface area contributed by atoms with Gasteiger partial charge in [0.1, 0.15) is 53.8 Å². The molecule has 1 fully saturated rings. The second-order valence-corrected chi connectivity index (χ2v) is 22.6. The van der Waals surface area contributed by atoms with Gasteiger partial charge >= 0.3 is 0 Å². The molecule has 9 amide bonds. The third-order valence-electron chi connectivity index (χ3n) is 13.4. The SMILES string of the molecule is C[C@@H](O)[C@H]1C(=O)N[C@H](C(=O)N[C@H](Cc2ccc(O)cc2)C(N)=O)CSSC[C@@H](NC(=O)[C@@H](N)Cc2ccc(Cl)cc2)C(=O)N(C)[C@@H](Cc2ccc(O)cc2)C(=O)N[C@H](Cc2ccc(C(N)=O)cc2)C(=O)N[C@@H](CCCCN)C(=O)N1C. The van der Waals surface area contributed by atoms with Crippen LogP contribution in [0.1, 0.15) is 58.8 Å². The summed E-state index contributed by atoms with van der Waals surface area (Å²) in [7, 11) is 4.49. The smallest absolute Gasteiger partial charge is 0.248 e. The summed E-state index contributed by atoms with van der Waals surface area (Å²) < 4.78 is 0. The molecule has 1 heterocycles. The number of rotatable bonds is 19. The van der Waals surface area contributed by atoms with Gasteiger partial charge in [-0.25, -0.2) is 0 Å². The average Bonchev–Trinajstić information content (AvgIpc) is 3.46. The average molecular weight is 1180 g/mol. The summed E-state index contributed by atoms with van der Waals surface area (Å²) in [6, 6.07) is 12.5. The Kier molecular flexibility index (Phi) is 24.6. The molecular weight excluding hydrogens is 1110 g/mol. The summed E-state index contributed by atoms with van der Waals surface area (Å²) in [4.78, 5) is 129. The number of likely N-dealkylation sites (N-methyl/N-ethyl adjacent to an activating group) is 2. The van der Waals surface area contributed by atoms with Gasteiger partial charge in [0, 0.05) is 55.4 Å². The topological polar surface area (TPSA) is 385 Å². The highest BCUT2D eigenvalue weighted by Crippen LogP contribution is 2.26. The Morgan fingerprint density at radius 3 is 1.81 bits per heavy atom. The first-order valence-electron chi connectivity index (χ1n) is 25.9. The van der Waals surface area contributed by atoms with E-state index in [4.69, 9.17) is 34.5 Å². The molecule has 26 heteroatoms. The number of halogens is 1. The van der Waals surface area contributed by atoms with Crippen LogP contribution in [0, 0.1) is 0 Å². The minimum absolute atomic E-state index is 0.0277. The van der Waals surface area contributed by atoms with E-state index in [0.29, 0.717) is 33.7 Å². The Bertz CT molecular complexity index is 2840. The van der Waals surface area contributed by atoms with Crippen molar-refractivity contribution < 1.29 is 58.5 Å². The van der Waals surface area contributed by atoms with Gasteiger partial charge in [0.25, 0.3) is 0 Å². The van der Waals surface area contributed by atoms with Crippen LogP contribution in [0.4, 0.5) is 0 Å². The monoisotopic (exact) mass is 1180 g/mol. The van der Waals surface area contributed by atoms with Crippen molar-refractivity contribution in [1.82, 2.24) is 36.4 Å².